The molecule has 2 N–H and O–H groups in total. The number of carbonyl (C=O) groups excluding carboxylic acids is 1. The van der Waals surface area contributed by atoms with Gasteiger partial charge in [0, 0.05) is 23.5 Å². The van der Waals surface area contributed by atoms with Crippen LogP contribution in [-0.4, -0.2) is 17.4 Å². The smallest absolute Gasteiger partial charge is 0.269 e. The van der Waals surface area contributed by atoms with E-state index in [9.17, 15) is 14.9 Å². The number of hydrogen-bond donors (Lipinski definition) is 2. The van der Waals surface area contributed by atoms with Gasteiger partial charge in [0.05, 0.1) is 11.5 Å². The number of nitrogens with zero attached hydrogens (tertiary/aromatic N) is 1. The monoisotopic (exact) mass is 299 g/mol. The summed E-state index contributed by atoms with van der Waals surface area (Å²) in [6.45, 7) is 4.16. The molecule has 114 valence electrons. The molecule has 0 atom stereocenters. The van der Waals surface area contributed by atoms with Gasteiger partial charge in [0.15, 0.2) is 0 Å². The van der Waals surface area contributed by atoms with Crippen molar-refractivity contribution in [1.82, 2.24) is 0 Å². The molecule has 6 nitrogen and oxygen atoms in total. The number of benzene rings is 2. The Kier molecular flexibility index (Phi) is 4.73. The van der Waals surface area contributed by atoms with Crippen LogP contribution < -0.4 is 10.6 Å². The summed E-state index contributed by atoms with van der Waals surface area (Å²) >= 11 is 0. The molecular formula is C16H17N3O3. The molecule has 2 rings (SSSR count). The minimum atomic E-state index is -0.479. The Balaban J connectivity index is 1.89. The number of anilines is 2. The van der Waals surface area contributed by atoms with E-state index in [0.29, 0.717) is 5.69 Å². The lowest BCUT2D eigenvalue weighted by atomic mass is 10.1. The first kappa shape index (κ1) is 15.5. The van der Waals surface area contributed by atoms with E-state index in [-0.39, 0.29) is 18.1 Å². The van der Waals surface area contributed by atoms with Gasteiger partial charge >= 0.3 is 0 Å². The highest BCUT2D eigenvalue weighted by Crippen LogP contribution is 2.16. The third kappa shape index (κ3) is 4.05. The van der Waals surface area contributed by atoms with Gasteiger partial charge < -0.3 is 10.6 Å². The van der Waals surface area contributed by atoms with Crippen LogP contribution in [0, 0.1) is 24.0 Å². The highest BCUT2D eigenvalue weighted by atomic mass is 16.6. The number of hydrogen-bond acceptors (Lipinski definition) is 4. The first-order chi connectivity index (χ1) is 10.5. The van der Waals surface area contributed by atoms with E-state index in [1.54, 1.807) is 0 Å². The molecular weight excluding hydrogens is 282 g/mol. The van der Waals surface area contributed by atoms with E-state index in [1.807, 2.05) is 32.0 Å². The topological polar surface area (TPSA) is 84.3 Å². The number of nitro benzene ring substituents is 1. The first-order valence-electron chi connectivity index (χ1n) is 6.81. The molecule has 0 spiro atoms. The molecule has 0 aliphatic heterocycles. The predicted octanol–water partition coefficient (Wildman–Crippen LogP) is 3.26. The van der Waals surface area contributed by atoms with Gasteiger partial charge in [-0.1, -0.05) is 6.07 Å². The summed E-state index contributed by atoms with van der Waals surface area (Å²) in [6.07, 6.45) is 0. The number of aryl methyl sites for hydroxylation is 2. The Bertz CT molecular complexity index is 696. The van der Waals surface area contributed by atoms with Gasteiger partial charge in [-0.05, 0) is 49.2 Å². The van der Waals surface area contributed by atoms with E-state index in [2.05, 4.69) is 10.6 Å². The fourth-order valence-corrected chi connectivity index (χ4v) is 1.91. The quantitative estimate of drug-likeness (QED) is 0.655. The molecule has 0 saturated carbocycles. The van der Waals surface area contributed by atoms with Crippen LogP contribution in [-0.2, 0) is 4.79 Å². The Labute approximate surface area is 128 Å². The summed E-state index contributed by atoms with van der Waals surface area (Å²) in [5.41, 5.74) is 3.74. The minimum Gasteiger partial charge on any atom is -0.376 e. The molecule has 0 heterocycles. The van der Waals surface area contributed by atoms with Crippen LogP contribution in [0.25, 0.3) is 0 Å². The van der Waals surface area contributed by atoms with E-state index in [0.717, 1.165) is 11.3 Å². The van der Waals surface area contributed by atoms with Crippen LogP contribution in [0.15, 0.2) is 42.5 Å². The Morgan fingerprint density at radius 2 is 1.68 bits per heavy atom. The maximum absolute atomic E-state index is 11.8. The normalized spacial score (nSPS) is 10.1. The number of non-ortho nitro benzene ring substituents is 1. The third-order valence-electron chi connectivity index (χ3n) is 3.32. The third-order valence-corrected chi connectivity index (χ3v) is 3.32. The van der Waals surface area contributed by atoms with E-state index < -0.39 is 4.92 Å². The first-order valence-corrected chi connectivity index (χ1v) is 6.81. The van der Waals surface area contributed by atoms with Crippen molar-refractivity contribution in [3.05, 3.63) is 63.7 Å². The lowest BCUT2D eigenvalue weighted by Gasteiger charge is -2.09. The molecule has 0 unspecified atom stereocenters. The molecule has 0 radical (unpaired) electrons. The van der Waals surface area contributed by atoms with E-state index in [1.165, 1.54) is 29.8 Å². The highest BCUT2D eigenvalue weighted by Gasteiger charge is 2.06. The average Bonchev–Trinajstić information content (AvgIpc) is 2.49. The number of carbonyl (C=O) groups is 1. The van der Waals surface area contributed by atoms with Gasteiger partial charge in [0.1, 0.15) is 0 Å². The van der Waals surface area contributed by atoms with Crippen molar-refractivity contribution >= 4 is 23.0 Å². The zero-order valence-electron chi connectivity index (χ0n) is 12.4. The number of nitro groups is 1. The summed E-state index contributed by atoms with van der Waals surface area (Å²) in [4.78, 5) is 21.9. The zero-order chi connectivity index (χ0) is 16.1. The summed E-state index contributed by atoms with van der Waals surface area (Å²) in [7, 11) is 0. The molecule has 0 aromatic heterocycles. The van der Waals surface area contributed by atoms with Gasteiger partial charge in [-0.15, -0.1) is 0 Å². The lowest BCUT2D eigenvalue weighted by Crippen LogP contribution is -2.21. The molecule has 2 aromatic carbocycles. The van der Waals surface area contributed by atoms with Crippen molar-refractivity contribution in [3.8, 4) is 0 Å². The number of amides is 1. The number of rotatable bonds is 5. The fourth-order valence-electron chi connectivity index (χ4n) is 1.91. The van der Waals surface area contributed by atoms with E-state index >= 15 is 0 Å². The summed E-state index contributed by atoms with van der Waals surface area (Å²) in [5.74, 6) is -0.216. The van der Waals surface area contributed by atoms with Gasteiger partial charge in [-0.25, -0.2) is 0 Å². The maximum atomic E-state index is 11.8. The molecule has 0 aliphatic carbocycles. The lowest BCUT2D eigenvalue weighted by molar-refractivity contribution is -0.384. The van der Waals surface area contributed by atoms with Gasteiger partial charge in [0.2, 0.25) is 5.91 Å². The van der Waals surface area contributed by atoms with Crippen LogP contribution in [0.1, 0.15) is 11.1 Å². The van der Waals surface area contributed by atoms with Gasteiger partial charge in [-0.3, -0.25) is 14.9 Å². The molecule has 22 heavy (non-hydrogen) atoms. The fraction of sp³-hybridized carbons (Fsp3) is 0.188. The largest absolute Gasteiger partial charge is 0.376 e. The SMILES string of the molecule is Cc1ccc(NCC(=O)Nc2ccc([N+](=O)[O-])cc2)cc1C. The second kappa shape index (κ2) is 6.71. The van der Waals surface area contributed by atoms with Crippen LogP contribution in [0.4, 0.5) is 17.1 Å². The Morgan fingerprint density at radius 3 is 2.27 bits per heavy atom. The zero-order valence-corrected chi connectivity index (χ0v) is 12.4. The second-order valence-corrected chi connectivity index (χ2v) is 5.00. The molecule has 2 aromatic rings. The molecule has 0 fully saturated rings. The molecule has 0 bridgehead atoms. The van der Waals surface area contributed by atoms with Crippen molar-refractivity contribution in [2.24, 2.45) is 0 Å². The van der Waals surface area contributed by atoms with Crippen LogP contribution in [0.5, 0.6) is 0 Å². The highest BCUT2D eigenvalue weighted by molar-refractivity contribution is 5.93. The standard InChI is InChI=1S/C16H17N3O3/c1-11-3-4-14(9-12(11)2)17-10-16(20)18-13-5-7-15(8-6-13)19(21)22/h3-9,17H,10H2,1-2H3,(H,18,20). The second-order valence-electron chi connectivity index (χ2n) is 5.00. The summed E-state index contributed by atoms with van der Waals surface area (Å²) < 4.78 is 0. The molecule has 6 heteroatoms. The molecule has 0 aliphatic rings. The maximum Gasteiger partial charge on any atom is 0.269 e. The van der Waals surface area contributed by atoms with Crippen LogP contribution >= 0.6 is 0 Å². The number of nitrogens with one attached hydrogen (secondary N) is 2. The minimum absolute atomic E-state index is 0.00810. The van der Waals surface area contributed by atoms with Crippen molar-refractivity contribution in [3.63, 3.8) is 0 Å². The van der Waals surface area contributed by atoms with Crippen LogP contribution in [0.3, 0.4) is 0 Å². The van der Waals surface area contributed by atoms with Gasteiger partial charge in [0.25, 0.3) is 5.69 Å². The van der Waals surface area contributed by atoms with Crippen molar-refractivity contribution < 1.29 is 9.72 Å². The van der Waals surface area contributed by atoms with E-state index in [4.69, 9.17) is 0 Å². The van der Waals surface area contributed by atoms with Gasteiger partial charge in [-0.2, -0.15) is 0 Å². The van der Waals surface area contributed by atoms with Crippen LogP contribution in [0.2, 0.25) is 0 Å². The van der Waals surface area contributed by atoms with Crippen molar-refractivity contribution in [2.45, 2.75) is 13.8 Å². The predicted molar refractivity (Wildman–Crippen MR) is 86.1 cm³/mol. The molecule has 1 amide bonds. The average molecular weight is 299 g/mol. The van der Waals surface area contributed by atoms with Crippen molar-refractivity contribution in [2.75, 3.05) is 17.2 Å². The Hall–Kier alpha value is -2.89. The summed E-state index contributed by atoms with van der Waals surface area (Å²) in [6, 6.07) is 11.6. The molecule has 0 saturated heterocycles. The summed E-state index contributed by atoms with van der Waals surface area (Å²) in [5, 5.41) is 16.3. The van der Waals surface area contributed by atoms with Crippen molar-refractivity contribution in [1.29, 1.82) is 0 Å². The Morgan fingerprint density at radius 1 is 1.05 bits per heavy atom.